The number of hydrogen-bond acceptors (Lipinski definition) is 3. The van der Waals surface area contributed by atoms with E-state index in [1.165, 1.54) is 11.1 Å². The molecule has 0 aliphatic carbocycles. The van der Waals surface area contributed by atoms with Gasteiger partial charge in [-0.05, 0) is 42.2 Å². The highest BCUT2D eigenvalue weighted by Gasteiger charge is 2.05. The lowest BCUT2D eigenvalue weighted by Gasteiger charge is -2.13. The molecular formula is C24H30N6O. The van der Waals surface area contributed by atoms with Gasteiger partial charge in [0, 0.05) is 51.7 Å². The van der Waals surface area contributed by atoms with Gasteiger partial charge in [-0.2, -0.15) is 0 Å². The number of hydrogen-bond donors (Lipinski definition) is 3. The second-order valence-corrected chi connectivity index (χ2v) is 7.30. The zero-order valence-corrected chi connectivity index (χ0v) is 18.4. The average Bonchev–Trinajstić information content (AvgIpc) is 3.20. The van der Waals surface area contributed by atoms with Gasteiger partial charge in [-0.25, -0.2) is 4.98 Å². The number of aryl methyl sites for hydroxylation is 1. The molecule has 3 N–H and O–H groups in total. The molecule has 31 heavy (non-hydrogen) atoms. The summed E-state index contributed by atoms with van der Waals surface area (Å²) in [6.45, 7) is 4.22. The lowest BCUT2D eigenvalue weighted by Crippen LogP contribution is -2.37. The summed E-state index contributed by atoms with van der Waals surface area (Å²) in [6.07, 6.45) is 4.62. The normalized spacial score (nSPS) is 11.3. The van der Waals surface area contributed by atoms with Crippen LogP contribution in [-0.2, 0) is 19.5 Å². The Labute approximate surface area is 183 Å². The first-order chi connectivity index (χ1) is 15.1. The minimum absolute atomic E-state index is 0.0716. The van der Waals surface area contributed by atoms with Crippen molar-refractivity contribution < 1.29 is 4.79 Å². The van der Waals surface area contributed by atoms with Crippen molar-refractivity contribution in [1.82, 2.24) is 25.5 Å². The van der Waals surface area contributed by atoms with Gasteiger partial charge in [0.2, 0.25) is 0 Å². The Morgan fingerprint density at radius 1 is 1.06 bits per heavy atom. The fourth-order valence-corrected chi connectivity index (χ4v) is 3.35. The van der Waals surface area contributed by atoms with Gasteiger partial charge in [0.05, 0.1) is 0 Å². The van der Waals surface area contributed by atoms with E-state index in [4.69, 9.17) is 0 Å². The number of amides is 1. The molecule has 0 atom stereocenters. The summed E-state index contributed by atoms with van der Waals surface area (Å²) < 4.78 is 2.13. The van der Waals surface area contributed by atoms with Crippen molar-refractivity contribution in [1.29, 1.82) is 0 Å². The number of nitrogens with one attached hydrogen (secondary N) is 3. The topological polar surface area (TPSA) is 83.3 Å². The predicted octanol–water partition coefficient (Wildman–Crippen LogP) is 2.51. The molecule has 1 amide bonds. The molecule has 162 valence electrons. The molecule has 0 saturated heterocycles. The van der Waals surface area contributed by atoms with E-state index in [0.29, 0.717) is 12.1 Å². The van der Waals surface area contributed by atoms with Gasteiger partial charge in [0.1, 0.15) is 5.82 Å². The van der Waals surface area contributed by atoms with Crippen molar-refractivity contribution in [3.05, 3.63) is 89.0 Å². The lowest BCUT2D eigenvalue weighted by atomic mass is 10.1. The van der Waals surface area contributed by atoms with Crippen LogP contribution in [0.1, 0.15) is 32.9 Å². The van der Waals surface area contributed by atoms with Crippen molar-refractivity contribution >= 4 is 11.9 Å². The maximum absolute atomic E-state index is 11.8. The molecule has 0 spiro atoms. The molecule has 1 heterocycles. The van der Waals surface area contributed by atoms with Crippen molar-refractivity contribution in [3.8, 4) is 0 Å². The van der Waals surface area contributed by atoms with Crippen LogP contribution < -0.4 is 16.0 Å². The Bertz CT molecular complexity index is 1040. The summed E-state index contributed by atoms with van der Waals surface area (Å²) in [7, 11) is 3.40. The van der Waals surface area contributed by atoms with Gasteiger partial charge in [0.15, 0.2) is 5.96 Å². The van der Waals surface area contributed by atoms with E-state index in [2.05, 4.69) is 54.8 Å². The van der Waals surface area contributed by atoms with Gasteiger partial charge in [0.25, 0.3) is 5.91 Å². The van der Waals surface area contributed by atoms with Crippen LogP contribution in [0.5, 0.6) is 0 Å². The number of imidazole rings is 1. The molecule has 7 nitrogen and oxygen atoms in total. The standard InChI is InChI=1S/C24H30N6O/c1-18-27-12-13-30(18)17-21-8-4-7-20(14-21)16-29-24(26-3)28-11-10-19-6-5-9-22(15-19)23(31)25-2/h4-9,12-15H,10-11,16-17H2,1-3H3,(H,25,31)(H2,26,28,29). The van der Waals surface area contributed by atoms with Gasteiger partial charge >= 0.3 is 0 Å². The van der Waals surface area contributed by atoms with Crippen LogP contribution in [0.25, 0.3) is 0 Å². The van der Waals surface area contributed by atoms with Crippen molar-refractivity contribution in [2.75, 3.05) is 20.6 Å². The van der Waals surface area contributed by atoms with Crippen LogP contribution in [0.2, 0.25) is 0 Å². The van der Waals surface area contributed by atoms with E-state index in [0.717, 1.165) is 36.9 Å². The lowest BCUT2D eigenvalue weighted by molar-refractivity contribution is 0.0963. The summed E-state index contributed by atoms with van der Waals surface area (Å²) in [5.74, 6) is 1.69. The molecule has 3 rings (SSSR count). The summed E-state index contributed by atoms with van der Waals surface area (Å²) >= 11 is 0. The first-order valence-electron chi connectivity index (χ1n) is 10.4. The number of aliphatic imine (C=N–C) groups is 1. The molecule has 0 bridgehead atoms. The monoisotopic (exact) mass is 418 g/mol. The highest BCUT2D eigenvalue weighted by Crippen LogP contribution is 2.09. The maximum atomic E-state index is 11.8. The number of benzene rings is 2. The molecule has 0 radical (unpaired) electrons. The molecule has 1 aromatic heterocycles. The Balaban J connectivity index is 1.49. The van der Waals surface area contributed by atoms with Crippen molar-refractivity contribution in [2.45, 2.75) is 26.4 Å². The SMILES string of the molecule is CN=C(NCCc1cccc(C(=O)NC)c1)NCc1cccc(Cn2ccnc2C)c1. The number of guanidine groups is 1. The average molecular weight is 419 g/mol. The van der Waals surface area contributed by atoms with E-state index in [9.17, 15) is 4.79 Å². The first-order valence-corrected chi connectivity index (χ1v) is 10.4. The Morgan fingerprint density at radius 2 is 1.84 bits per heavy atom. The Kier molecular flexibility index (Phi) is 7.81. The summed E-state index contributed by atoms with van der Waals surface area (Å²) in [5.41, 5.74) is 4.20. The van der Waals surface area contributed by atoms with E-state index >= 15 is 0 Å². The number of carbonyl (C=O) groups is 1. The molecule has 0 fully saturated rings. The van der Waals surface area contributed by atoms with E-state index < -0.39 is 0 Å². The molecule has 0 saturated carbocycles. The Hall–Kier alpha value is -3.61. The van der Waals surface area contributed by atoms with Gasteiger partial charge < -0.3 is 20.5 Å². The highest BCUT2D eigenvalue weighted by atomic mass is 16.1. The van der Waals surface area contributed by atoms with Gasteiger partial charge in [-0.15, -0.1) is 0 Å². The molecule has 0 aliphatic rings. The van der Waals surface area contributed by atoms with Crippen LogP contribution in [0, 0.1) is 6.92 Å². The predicted molar refractivity (Wildman–Crippen MR) is 124 cm³/mol. The third kappa shape index (κ3) is 6.44. The van der Waals surface area contributed by atoms with Crippen LogP contribution in [-0.4, -0.2) is 42.1 Å². The second-order valence-electron chi connectivity index (χ2n) is 7.30. The minimum Gasteiger partial charge on any atom is -0.356 e. The number of aromatic nitrogens is 2. The molecule has 2 aromatic carbocycles. The van der Waals surface area contributed by atoms with Gasteiger partial charge in [-0.3, -0.25) is 9.79 Å². The molecule has 0 unspecified atom stereocenters. The maximum Gasteiger partial charge on any atom is 0.251 e. The zero-order chi connectivity index (χ0) is 22.1. The number of nitrogens with zero attached hydrogens (tertiary/aromatic N) is 3. The third-order valence-corrected chi connectivity index (χ3v) is 5.07. The van der Waals surface area contributed by atoms with E-state index in [1.54, 1.807) is 14.1 Å². The molecule has 3 aromatic rings. The van der Waals surface area contributed by atoms with E-state index in [1.807, 2.05) is 43.6 Å². The third-order valence-electron chi connectivity index (χ3n) is 5.07. The zero-order valence-electron chi connectivity index (χ0n) is 18.4. The summed E-state index contributed by atoms with van der Waals surface area (Å²) in [4.78, 5) is 20.4. The second kappa shape index (κ2) is 11.0. The first kappa shape index (κ1) is 22.1. The number of carbonyl (C=O) groups excluding carboxylic acids is 1. The molecular weight excluding hydrogens is 388 g/mol. The molecule has 7 heteroatoms. The van der Waals surface area contributed by atoms with Gasteiger partial charge in [-0.1, -0.05) is 36.4 Å². The van der Waals surface area contributed by atoms with Crippen molar-refractivity contribution in [3.63, 3.8) is 0 Å². The largest absolute Gasteiger partial charge is 0.356 e. The molecule has 0 aliphatic heterocycles. The van der Waals surface area contributed by atoms with Crippen LogP contribution in [0.3, 0.4) is 0 Å². The summed E-state index contributed by atoms with van der Waals surface area (Å²) in [5, 5.41) is 9.35. The fourth-order valence-electron chi connectivity index (χ4n) is 3.35. The Morgan fingerprint density at radius 3 is 2.58 bits per heavy atom. The smallest absolute Gasteiger partial charge is 0.251 e. The highest BCUT2D eigenvalue weighted by molar-refractivity contribution is 5.94. The van der Waals surface area contributed by atoms with Crippen LogP contribution >= 0.6 is 0 Å². The van der Waals surface area contributed by atoms with Crippen molar-refractivity contribution in [2.24, 2.45) is 4.99 Å². The number of rotatable bonds is 8. The van der Waals surface area contributed by atoms with E-state index in [-0.39, 0.29) is 5.91 Å². The quantitative estimate of drug-likeness (QED) is 0.388. The van der Waals surface area contributed by atoms with Crippen LogP contribution in [0.4, 0.5) is 0 Å². The fraction of sp³-hybridized carbons (Fsp3) is 0.292. The minimum atomic E-state index is -0.0716. The summed E-state index contributed by atoms with van der Waals surface area (Å²) in [6, 6.07) is 16.2. The van der Waals surface area contributed by atoms with Crippen LogP contribution in [0.15, 0.2) is 65.9 Å².